The van der Waals surface area contributed by atoms with Crippen LogP contribution in [0.15, 0.2) is 24.3 Å². The van der Waals surface area contributed by atoms with Crippen LogP contribution >= 0.6 is 0 Å². The summed E-state index contributed by atoms with van der Waals surface area (Å²) in [6, 6.07) is 7.95. The Balaban J connectivity index is 1.94. The standard InChI is InChI=1S/C15H22N2O3/c1-19-8-9-20-7-6-17-11-13-5-3-2-4-12(13)10-14(17)15(16)18/h2-5,14H,6-11H2,1H3,(H2,16,18)/t14-/m0/s1. The van der Waals surface area contributed by atoms with Crippen LogP contribution in [0.4, 0.5) is 0 Å². The molecule has 1 atom stereocenters. The van der Waals surface area contributed by atoms with Crippen LogP contribution in [0, 0.1) is 0 Å². The Morgan fingerprint density at radius 3 is 2.75 bits per heavy atom. The Bertz CT molecular complexity index is 450. The minimum atomic E-state index is -0.267. The van der Waals surface area contributed by atoms with Gasteiger partial charge in [-0.15, -0.1) is 0 Å². The van der Waals surface area contributed by atoms with Crippen LogP contribution in [0.25, 0.3) is 0 Å². The van der Waals surface area contributed by atoms with E-state index in [9.17, 15) is 4.79 Å². The van der Waals surface area contributed by atoms with E-state index in [1.807, 2.05) is 12.1 Å². The number of carbonyl (C=O) groups excluding carboxylic acids is 1. The monoisotopic (exact) mass is 278 g/mol. The van der Waals surface area contributed by atoms with E-state index in [2.05, 4.69) is 17.0 Å². The molecule has 110 valence electrons. The number of benzene rings is 1. The third kappa shape index (κ3) is 3.79. The van der Waals surface area contributed by atoms with Crippen molar-refractivity contribution in [2.24, 2.45) is 5.73 Å². The summed E-state index contributed by atoms with van der Waals surface area (Å²) in [5.74, 6) is -0.267. The summed E-state index contributed by atoms with van der Waals surface area (Å²) >= 11 is 0. The number of rotatable bonds is 7. The minimum absolute atomic E-state index is 0.240. The van der Waals surface area contributed by atoms with Crippen LogP contribution in [-0.2, 0) is 27.2 Å². The van der Waals surface area contributed by atoms with Crippen molar-refractivity contribution in [1.29, 1.82) is 0 Å². The Morgan fingerprint density at radius 2 is 2.05 bits per heavy atom. The number of hydrogen-bond acceptors (Lipinski definition) is 4. The first-order valence-corrected chi connectivity index (χ1v) is 6.89. The van der Waals surface area contributed by atoms with Gasteiger partial charge in [-0.05, 0) is 17.5 Å². The molecule has 1 aliphatic rings. The lowest BCUT2D eigenvalue weighted by Gasteiger charge is -2.34. The van der Waals surface area contributed by atoms with Crippen molar-refractivity contribution in [3.05, 3.63) is 35.4 Å². The molecular weight excluding hydrogens is 256 g/mol. The molecule has 0 unspecified atom stereocenters. The van der Waals surface area contributed by atoms with Gasteiger partial charge in [0.15, 0.2) is 0 Å². The molecule has 0 fully saturated rings. The zero-order chi connectivity index (χ0) is 14.4. The smallest absolute Gasteiger partial charge is 0.235 e. The predicted octanol–water partition coefficient (Wildman–Crippen LogP) is 0.562. The van der Waals surface area contributed by atoms with Crippen molar-refractivity contribution in [3.8, 4) is 0 Å². The molecular formula is C15H22N2O3. The largest absolute Gasteiger partial charge is 0.382 e. The van der Waals surface area contributed by atoms with E-state index >= 15 is 0 Å². The van der Waals surface area contributed by atoms with Crippen LogP contribution in [0.1, 0.15) is 11.1 Å². The summed E-state index contributed by atoms with van der Waals surface area (Å²) in [6.45, 7) is 3.18. The Hall–Kier alpha value is -1.43. The molecule has 20 heavy (non-hydrogen) atoms. The van der Waals surface area contributed by atoms with Gasteiger partial charge >= 0.3 is 0 Å². The molecule has 1 aromatic carbocycles. The molecule has 2 N–H and O–H groups in total. The van der Waals surface area contributed by atoms with E-state index in [1.165, 1.54) is 11.1 Å². The number of amides is 1. The molecule has 1 aliphatic heterocycles. The van der Waals surface area contributed by atoms with Crippen molar-refractivity contribution >= 4 is 5.91 Å². The molecule has 0 radical (unpaired) electrons. The Morgan fingerprint density at radius 1 is 1.30 bits per heavy atom. The fourth-order valence-electron chi connectivity index (χ4n) is 2.52. The molecule has 5 nitrogen and oxygen atoms in total. The summed E-state index contributed by atoms with van der Waals surface area (Å²) in [6.07, 6.45) is 0.684. The quantitative estimate of drug-likeness (QED) is 0.740. The first kappa shape index (κ1) is 15.0. The number of carbonyl (C=O) groups is 1. The molecule has 2 rings (SSSR count). The van der Waals surface area contributed by atoms with E-state index in [0.717, 1.165) is 6.54 Å². The SMILES string of the molecule is COCCOCCN1Cc2ccccc2C[C@H]1C(N)=O. The molecule has 0 saturated carbocycles. The summed E-state index contributed by atoms with van der Waals surface area (Å²) in [5, 5.41) is 0. The first-order chi connectivity index (χ1) is 9.72. The van der Waals surface area contributed by atoms with Gasteiger partial charge < -0.3 is 15.2 Å². The summed E-state index contributed by atoms with van der Waals surface area (Å²) < 4.78 is 10.4. The molecule has 0 spiro atoms. The van der Waals surface area contributed by atoms with Gasteiger partial charge in [0.2, 0.25) is 5.91 Å². The summed E-state index contributed by atoms with van der Waals surface area (Å²) in [5.41, 5.74) is 8.01. The fraction of sp³-hybridized carbons (Fsp3) is 0.533. The van der Waals surface area contributed by atoms with Gasteiger partial charge in [-0.1, -0.05) is 24.3 Å². The first-order valence-electron chi connectivity index (χ1n) is 6.89. The van der Waals surface area contributed by atoms with Gasteiger partial charge in [-0.3, -0.25) is 9.69 Å². The van der Waals surface area contributed by atoms with Gasteiger partial charge in [0.1, 0.15) is 0 Å². The molecule has 0 bridgehead atoms. The maximum atomic E-state index is 11.6. The summed E-state index contributed by atoms with van der Waals surface area (Å²) in [7, 11) is 1.65. The normalized spacial score (nSPS) is 18.8. The Labute approximate surface area is 119 Å². The van der Waals surface area contributed by atoms with Gasteiger partial charge in [-0.2, -0.15) is 0 Å². The lowest BCUT2D eigenvalue weighted by Crippen LogP contribution is -2.49. The molecule has 5 heteroatoms. The van der Waals surface area contributed by atoms with Gasteiger partial charge in [-0.25, -0.2) is 0 Å². The highest BCUT2D eigenvalue weighted by Crippen LogP contribution is 2.22. The number of methoxy groups -OCH3 is 1. The van der Waals surface area contributed by atoms with Gasteiger partial charge in [0, 0.05) is 20.2 Å². The van der Waals surface area contributed by atoms with E-state index in [-0.39, 0.29) is 11.9 Å². The van der Waals surface area contributed by atoms with Crippen molar-refractivity contribution in [2.45, 2.75) is 19.0 Å². The molecule has 0 saturated heterocycles. The summed E-state index contributed by atoms with van der Waals surface area (Å²) in [4.78, 5) is 13.7. The van der Waals surface area contributed by atoms with E-state index in [0.29, 0.717) is 32.8 Å². The van der Waals surface area contributed by atoms with Gasteiger partial charge in [0.05, 0.1) is 25.9 Å². The minimum Gasteiger partial charge on any atom is -0.382 e. The van der Waals surface area contributed by atoms with Crippen LogP contribution in [0.5, 0.6) is 0 Å². The number of hydrogen-bond donors (Lipinski definition) is 1. The molecule has 0 aromatic heterocycles. The Kier molecular flexibility index (Phi) is 5.52. The second-order valence-corrected chi connectivity index (χ2v) is 4.97. The van der Waals surface area contributed by atoms with E-state index < -0.39 is 0 Å². The average molecular weight is 278 g/mol. The van der Waals surface area contributed by atoms with Crippen molar-refractivity contribution in [1.82, 2.24) is 4.90 Å². The lowest BCUT2D eigenvalue weighted by atomic mass is 9.93. The highest BCUT2D eigenvalue weighted by molar-refractivity contribution is 5.80. The van der Waals surface area contributed by atoms with E-state index in [1.54, 1.807) is 7.11 Å². The second-order valence-electron chi connectivity index (χ2n) is 4.97. The predicted molar refractivity (Wildman–Crippen MR) is 76.2 cm³/mol. The zero-order valence-corrected chi connectivity index (χ0v) is 11.9. The van der Waals surface area contributed by atoms with Crippen molar-refractivity contribution < 1.29 is 14.3 Å². The number of primary amides is 1. The maximum Gasteiger partial charge on any atom is 0.235 e. The lowest BCUT2D eigenvalue weighted by molar-refractivity contribution is -0.124. The number of nitrogens with zero attached hydrogens (tertiary/aromatic N) is 1. The third-order valence-electron chi connectivity index (χ3n) is 3.63. The molecule has 1 heterocycles. The molecule has 1 aromatic rings. The number of fused-ring (bicyclic) bond motifs is 1. The molecule has 1 amide bonds. The van der Waals surface area contributed by atoms with Crippen LogP contribution in [-0.4, -0.2) is 50.3 Å². The highest BCUT2D eigenvalue weighted by atomic mass is 16.5. The van der Waals surface area contributed by atoms with Crippen LogP contribution in [0.2, 0.25) is 0 Å². The number of nitrogens with two attached hydrogens (primary N) is 1. The maximum absolute atomic E-state index is 11.6. The second kappa shape index (κ2) is 7.38. The van der Waals surface area contributed by atoms with Crippen molar-refractivity contribution in [2.75, 3.05) is 33.5 Å². The topological polar surface area (TPSA) is 64.8 Å². The van der Waals surface area contributed by atoms with Gasteiger partial charge in [0.25, 0.3) is 0 Å². The zero-order valence-electron chi connectivity index (χ0n) is 11.9. The third-order valence-corrected chi connectivity index (χ3v) is 3.63. The average Bonchev–Trinajstić information content (AvgIpc) is 2.46. The van der Waals surface area contributed by atoms with Crippen LogP contribution in [0.3, 0.4) is 0 Å². The number of ether oxygens (including phenoxy) is 2. The fourth-order valence-corrected chi connectivity index (χ4v) is 2.52. The highest BCUT2D eigenvalue weighted by Gasteiger charge is 2.29. The molecule has 0 aliphatic carbocycles. The van der Waals surface area contributed by atoms with Crippen LogP contribution < -0.4 is 5.73 Å². The van der Waals surface area contributed by atoms with E-state index in [4.69, 9.17) is 15.2 Å². The van der Waals surface area contributed by atoms with Crippen molar-refractivity contribution in [3.63, 3.8) is 0 Å².